The Bertz CT molecular complexity index is 178. The van der Waals surface area contributed by atoms with E-state index >= 15 is 0 Å². The maximum Gasteiger partial charge on any atom is 0.673 e. The molecule has 0 saturated carbocycles. The minimum Gasteiger partial charge on any atom is -0.418 e. The Morgan fingerprint density at radius 1 is 1.06 bits per heavy atom. The van der Waals surface area contributed by atoms with E-state index in [0.717, 1.165) is 19.3 Å². The highest BCUT2D eigenvalue weighted by molar-refractivity contribution is 14.1. The quantitative estimate of drug-likeness (QED) is 0.263. The van der Waals surface area contributed by atoms with Crippen LogP contribution in [-0.2, 0) is 0 Å². The number of hydrogen-bond acceptors (Lipinski definition) is 0. The molecule has 0 amide bonds. The van der Waals surface area contributed by atoms with Gasteiger partial charge in [0.1, 0.15) is 0 Å². The van der Waals surface area contributed by atoms with Gasteiger partial charge in [-0.3, -0.25) is 0 Å². The minimum atomic E-state index is -6.00. The average molecular weight is 381 g/mol. The fraction of sp³-hybridized carbons (Fsp3) is 1.00. The van der Waals surface area contributed by atoms with Crippen LogP contribution in [0.3, 0.4) is 0 Å². The second-order valence-corrected chi connectivity index (χ2v) is 5.59. The number of hydrogen-bond donors (Lipinski definition) is 0. The van der Waals surface area contributed by atoms with Gasteiger partial charge in [-0.25, -0.2) is 0 Å². The summed E-state index contributed by atoms with van der Waals surface area (Å²) in [5.41, 5.74) is -0.415. The lowest BCUT2D eigenvalue weighted by Crippen LogP contribution is -2.44. The average Bonchev–Trinajstić information content (AvgIpc) is 2.02. The van der Waals surface area contributed by atoms with Gasteiger partial charge >= 0.3 is 30.1 Å². The molecule has 1 atom stereocenters. The van der Waals surface area contributed by atoms with Crippen LogP contribution in [-0.4, -0.2) is 15.2 Å². The van der Waals surface area contributed by atoms with Crippen LogP contribution in [0.2, 0.25) is 0 Å². The predicted molar refractivity (Wildman–Crippen MR) is 65.0 cm³/mol. The van der Waals surface area contributed by atoms with Crippen molar-refractivity contribution in [2.75, 3.05) is 0 Å². The fourth-order valence-electron chi connectivity index (χ4n) is 1.29. The highest BCUT2D eigenvalue weighted by Gasteiger charge is 2.49. The van der Waals surface area contributed by atoms with Crippen LogP contribution in [0.25, 0.3) is 0 Å². The van der Waals surface area contributed by atoms with Gasteiger partial charge in [0.25, 0.3) is 0 Å². The molecule has 0 saturated heterocycles. The van der Waals surface area contributed by atoms with E-state index in [4.69, 9.17) is 11.8 Å². The Morgan fingerprint density at radius 2 is 1.25 bits per heavy atom. The van der Waals surface area contributed by atoms with E-state index in [1.807, 2.05) is 20.8 Å². The van der Waals surface area contributed by atoms with Crippen molar-refractivity contribution in [3.63, 3.8) is 0 Å². The third-order valence-electron chi connectivity index (χ3n) is 2.51. The van der Waals surface area contributed by atoms with E-state index in [1.165, 1.54) is 0 Å². The largest absolute Gasteiger partial charge is 0.673 e. The summed E-state index contributed by atoms with van der Waals surface area (Å²) in [6, 6.07) is 0. The van der Waals surface area contributed by atoms with E-state index < -0.39 is 15.2 Å². The molecule has 9 heteroatoms. The molecule has 0 aromatic rings. The molecular weight excluding hydrogens is 366 g/mol. The molecule has 0 aliphatic rings. The van der Waals surface area contributed by atoms with E-state index in [0.29, 0.717) is 0 Å². The molecule has 0 aromatic heterocycles. The van der Waals surface area contributed by atoms with Gasteiger partial charge in [0.05, 0.1) is 0 Å². The lowest BCUT2D eigenvalue weighted by Gasteiger charge is -2.31. The van der Waals surface area contributed by atoms with Crippen LogP contribution in [0, 0.1) is 0 Å². The summed E-state index contributed by atoms with van der Waals surface area (Å²) in [4.78, 5) is 0. The number of nitrogens with zero attached hydrogens (tertiary/aromatic N) is 1. The van der Waals surface area contributed by atoms with Crippen molar-refractivity contribution in [1.82, 2.24) is 0 Å². The highest BCUT2D eigenvalue weighted by atomic mass is 127. The lowest BCUT2D eigenvalue weighted by atomic mass is 9.91. The van der Waals surface area contributed by atoms with Gasteiger partial charge in [-0.1, -0.05) is 20.8 Å². The third-order valence-corrected chi connectivity index (χ3v) is 3.89. The lowest BCUT2D eigenvalue weighted by molar-refractivity contribution is -0.850. The zero-order valence-corrected chi connectivity index (χ0v) is 12.2. The zero-order valence-electron chi connectivity index (χ0n) is 9.29. The molecule has 0 rings (SSSR count). The molecule has 0 fully saturated rings. The topological polar surface area (TPSA) is 0 Å². The van der Waals surface area contributed by atoms with Crippen LogP contribution >= 0.6 is 34.6 Å². The smallest absolute Gasteiger partial charge is 0.418 e. The molecule has 0 aromatic carbocycles. The van der Waals surface area contributed by atoms with Crippen molar-refractivity contribution in [2.24, 2.45) is 0 Å². The Balaban J connectivity index is 0. The van der Waals surface area contributed by atoms with Crippen LogP contribution in [0.15, 0.2) is 0 Å². The summed E-state index contributed by atoms with van der Waals surface area (Å²) in [5, 5.41) is 0. The molecule has 1 nitrogen and oxygen atoms in total. The Hall–Kier alpha value is 0.695. The molecule has 1 unspecified atom stereocenters. The van der Waals surface area contributed by atoms with Crippen molar-refractivity contribution in [2.45, 2.75) is 45.6 Å². The van der Waals surface area contributed by atoms with E-state index in [-0.39, 0.29) is 0 Å². The van der Waals surface area contributed by atoms with E-state index in [1.54, 1.807) is 22.9 Å². The molecule has 100 valence electrons. The molecule has 0 radical (unpaired) electrons. The van der Waals surface area contributed by atoms with Crippen molar-refractivity contribution < 1.29 is 24.2 Å². The van der Waals surface area contributed by atoms with E-state index in [9.17, 15) is 21.7 Å². The monoisotopic (exact) mass is 381 g/mol. The summed E-state index contributed by atoms with van der Waals surface area (Å²) in [6.07, 6.45) is 2.30. The Kier molecular flexibility index (Phi) is 8.57. The minimum absolute atomic E-state index is 0.415. The normalized spacial score (nSPS) is 16.1. The summed E-state index contributed by atoms with van der Waals surface area (Å²) in [5.74, 6) is 0. The van der Waals surface area contributed by atoms with Crippen LogP contribution in [0.1, 0.15) is 40.0 Å². The summed E-state index contributed by atoms with van der Waals surface area (Å²) in [6.45, 7) is 5.92. The molecule has 0 N–H and O–H groups in total. The first-order valence-corrected chi connectivity index (χ1v) is 6.09. The summed E-state index contributed by atoms with van der Waals surface area (Å²) in [7, 11) is -6.00. The van der Waals surface area contributed by atoms with Crippen molar-refractivity contribution in [3.8, 4) is 0 Å². The van der Waals surface area contributed by atoms with Crippen LogP contribution in [0.4, 0.5) is 21.7 Å². The second kappa shape index (κ2) is 7.20. The molecule has 0 spiro atoms. The second-order valence-electron chi connectivity index (χ2n) is 3.23. The fourth-order valence-corrected chi connectivity index (χ4v) is 2.67. The van der Waals surface area contributed by atoms with Crippen LogP contribution < -0.4 is 0 Å². The SMILES string of the molecule is CCC(CC)(CC)[N+](F)(Cl)I.F[B-](F)(F)F. The van der Waals surface area contributed by atoms with Gasteiger partial charge in [-0.05, 0) is 0 Å². The molecule has 0 aliphatic carbocycles. The van der Waals surface area contributed by atoms with Crippen molar-refractivity contribution in [1.29, 1.82) is 0 Å². The molecule has 0 bridgehead atoms. The number of quaternary nitrogens is 1. The first-order valence-electron chi connectivity index (χ1n) is 4.79. The van der Waals surface area contributed by atoms with Gasteiger partial charge in [0.15, 0.2) is 5.54 Å². The number of halogens is 7. The van der Waals surface area contributed by atoms with Gasteiger partial charge in [0, 0.05) is 26.2 Å². The maximum absolute atomic E-state index is 13.4. The van der Waals surface area contributed by atoms with E-state index in [2.05, 4.69) is 0 Å². The van der Waals surface area contributed by atoms with Gasteiger partial charge in [-0.15, -0.1) is 0 Å². The third kappa shape index (κ3) is 7.89. The maximum atomic E-state index is 13.4. The first-order chi connectivity index (χ1) is 6.93. The summed E-state index contributed by atoms with van der Waals surface area (Å²) < 4.78 is 51.4. The van der Waals surface area contributed by atoms with Gasteiger partial charge < -0.3 is 17.3 Å². The molecule has 16 heavy (non-hydrogen) atoms. The molecule has 0 aliphatic heterocycles. The molecule has 0 heterocycles. The van der Waals surface area contributed by atoms with Gasteiger partial charge in [-0.2, -0.15) is 0 Å². The van der Waals surface area contributed by atoms with Gasteiger partial charge in [0.2, 0.25) is 11.8 Å². The number of rotatable bonds is 4. The Labute approximate surface area is 112 Å². The van der Waals surface area contributed by atoms with Crippen LogP contribution in [0.5, 0.6) is 0 Å². The summed E-state index contributed by atoms with van der Waals surface area (Å²) >= 11 is 7.24. The standard InChI is InChI=1S/C7H15ClFIN.BF4/c1-4-7(5-2,6-3)11(8,9)10;2-1(3,4)5/h4-6H2,1-3H3;/q+1;-1. The van der Waals surface area contributed by atoms with Crippen molar-refractivity contribution in [3.05, 3.63) is 0 Å². The first kappa shape index (κ1) is 19.0. The Morgan fingerprint density at radius 3 is 1.25 bits per heavy atom. The van der Waals surface area contributed by atoms with Crippen molar-refractivity contribution >= 4 is 41.9 Å². The highest BCUT2D eigenvalue weighted by Crippen LogP contribution is 2.42. The predicted octanol–water partition coefficient (Wildman–Crippen LogP) is 5.46. The molecular formula is C7H15BClF5IN. The zero-order chi connectivity index (χ0) is 13.6.